The van der Waals surface area contributed by atoms with Gasteiger partial charge in [0.15, 0.2) is 0 Å². The van der Waals surface area contributed by atoms with Crippen molar-refractivity contribution in [3.05, 3.63) is 65.9 Å². The lowest BCUT2D eigenvalue weighted by Gasteiger charge is -2.34. The predicted molar refractivity (Wildman–Crippen MR) is 230 cm³/mol. The summed E-state index contributed by atoms with van der Waals surface area (Å²) in [5.74, 6) is 2.33. The molecule has 3 aromatic carbocycles. The molecular formula is C46H54N8O8. The van der Waals surface area contributed by atoms with Crippen molar-refractivity contribution < 1.29 is 38.1 Å². The summed E-state index contributed by atoms with van der Waals surface area (Å²) in [5.41, 5.74) is 6.57. The Labute approximate surface area is 359 Å². The molecule has 4 aliphatic rings. The SMILES string of the molecule is COC(=O)N[C@H](C(=O)N1[C@@H](C)CC[C@H]1c1nc2c(ccc3cc4c(cc32)OCc2cc(-c3cnc([C@@H]5[C@@H]6CC[C@@H]6CN5C(=O)[C@@H](NC(=O)OC)[C@@H](C)OC)[nH]3)ccc2-4)[nH]1)C(C)C. The van der Waals surface area contributed by atoms with Crippen molar-refractivity contribution in [1.29, 1.82) is 0 Å². The summed E-state index contributed by atoms with van der Waals surface area (Å²) in [6.07, 6.45) is 3.54. The molecule has 3 fully saturated rings. The lowest BCUT2D eigenvalue weighted by atomic mass is 9.73. The van der Waals surface area contributed by atoms with Crippen molar-refractivity contribution in [2.24, 2.45) is 17.8 Å². The van der Waals surface area contributed by atoms with E-state index in [-0.39, 0.29) is 41.8 Å². The van der Waals surface area contributed by atoms with Crippen LogP contribution in [0.3, 0.4) is 0 Å². The van der Waals surface area contributed by atoms with Crippen LogP contribution >= 0.6 is 0 Å². The second-order valence-electron chi connectivity index (χ2n) is 17.5. The number of imidazole rings is 2. The molecule has 2 aromatic heterocycles. The number of H-pyrrole nitrogens is 2. The Hall–Kier alpha value is -6.16. The van der Waals surface area contributed by atoms with E-state index < -0.39 is 30.4 Å². The van der Waals surface area contributed by atoms with Crippen LogP contribution in [0.2, 0.25) is 0 Å². The summed E-state index contributed by atoms with van der Waals surface area (Å²) in [5, 5.41) is 7.38. The van der Waals surface area contributed by atoms with Gasteiger partial charge in [-0.2, -0.15) is 0 Å². The number of methoxy groups -OCH3 is 3. The number of fused-ring (bicyclic) bond motifs is 7. The smallest absolute Gasteiger partial charge is 0.407 e. The van der Waals surface area contributed by atoms with E-state index in [1.807, 2.05) is 42.8 Å². The summed E-state index contributed by atoms with van der Waals surface area (Å²) in [6.45, 7) is 8.57. The summed E-state index contributed by atoms with van der Waals surface area (Å²) in [4.78, 5) is 73.1. The van der Waals surface area contributed by atoms with E-state index in [1.165, 1.54) is 21.3 Å². The Bertz CT molecular complexity index is 2570. The fourth-order valence-electron chi connectivity index (χ4n) is 10.0. The number of carbonyl (C=O) groups excluding carboxylic acids is 4. The number of hydrogen-bond donors (Lipinski definition) is 4. The molecular weight excluding hydrogens is 793 g/mol. The highest BCUT2D eigenvalue weighted by atomic mass is 16.5. The first-order valence-corrected chi connectivity index (χ1v) is 21.5. The molecule has 5 heterocycles. The van der Waals surface area contributed by atoms with Gasteiger partial charge in [0.05, 0.1) is 55.3 Å². The second-order valence-corrected chi connectivity index (χ2v) is 17.5. The van der Waals surface area contributed by atoms with Crippen molar-refractivity contribution in [2.75, 3.05) is 27.9 Å². The molecule has 5 aromatic rings. The third-order valence-electron chi connectivity index (χ3n) is 13.7. The van der Waals surface area contributed by atoms with E-state index in [2.05, 4.69) is 57.0 Å². The van der Waals surface area contributed by atoms with Gasteiger partial charge in [0.2, 0.25) is 11.8 Å². The van der Waals surface area contributed by atoms with Crippen molar-refractivity contribution >= 4 is 45.8 Å². The van der Waals surface area contributed by atoms with E-state index in [4.69, 9.17) is 28.9 Å². The maximum Gasteiger partial charge on any atom is 0.407 e. The monoisotopic (exact) mass is 846 g/mol. The van der Waals surface area contributed by atoms with E-state index >= 15 is 0 Å². The van der Waals surface area contributed by atoms with Crippen LogP contribution in [0.15, 0.2) is 48.7 Å². The lowest BCUT2D eigenvalue weighted by Crippen LogP contribution is -2.54. The van der Waals surface area contributed by atoms with E-state index in [0.29, 0.717) is 24.9 Å². The van der Waals surface area contributed by atoms with E-state index in [9.17, 15) is 19.2 Å². The van der Waals surface area contributed by atoms with Gasteiger partial charge < -0.3 is 49.3 Å². The third-order valence-corrected chi connectivity index (χ3v) is 13.7. The molecule has 16 nitrogen and oxygen atoms in total. The first-order valence-electron chi connectivity index (χ1n) is 21.5. The first-order chi connectivity index (χ1) is 29.9. The quantitative estimate of drug-likeness (QED) is 0.117. The van der Waals surface area contributed by atoms with Crippen LogP contribution in [0.5, 0.6) is 5.75 Å². The average molecular weight is 847 g/mol. The van der Waals surface area contributed by atoms with Crippen LogP contribution in [0.4, 0.5) is 9.59 Å². The van der Waals surface area contributed by atoms with Crippen molar-refractivity contribution in [1.82, 2.24) is 40.4 Å². The van der Waals surface area contributed by atoms with Crippen LogP contribution < -0.4 is 15.4 Å². The number of rotatable bonds is 10. The van der Waals surface area contributed by atoms with Crippen LogP contribution in [-0.4, -0.2) is 106 Å². The molecule has 4 N–H and O–H groups in total. The zero-order chi connectivity index (χ0) is 43.6. The maximum absolute atomic E-state index is 14.0. The summed E-state index contributed by atoms with van der Waals surface area (Å²) in [6, 6.07) is 12.5. The minimum atomic E-state index is -0.906. The molecule has 1 saturated carbocycles. The van der Waals surface area contributed by atoms with Gasteiger partial charge in [0, 0.05) is 30.6 Å². The highest BCUT2D eigenvalue weighted by molar-refractivity contribution is 6.07. The Morgan fingerprint density at radius 3 is 2.34 bits per heavy atom. The minimum absolute atomic E-state index is 0.0283. The van der Waals surface area contributed by atoms with E-state index in [0.717, 1.165) is 87.0 Å². The van der Waals surface area contributed by atoms with Gasteiger partial charge in [-0.3, -0.25) is 9.59 Å². The van der Waals surface area contributed by atoms with Crippen LogP contribution in [0.25, 0.3) is 44.2 Å². The molecule has 8 atom stereocenters. The predicted octanol–water partition coefficient (Wildman–Crippen LogP) is 6.77. The number of benzene rings is 3. The Morgan fingerprint density at radius 2 is 1.63 bits per heavy atom. The number of amides is 4. The molecule has 0 radical (unpaired) electrons. The zero-order valence-corrected chi connectivity index (χ0v) is 36.1. The molecule has 16 heteroatoms. The molecule has 9 rings (SSSR count). The van der Waals surface area contributed by atoms with Gasteiger partial charge in [0.1, 0.15) is 36.1 Å². The largest absolute Gasteiger partial charge is 0.488 e. The molecule has 2 saturated heterocycles. The molecule has 1 aliphatic carbocycles. The standard InChI is InChI=1S/C46H54N8O8/c1-22(2)37(51-45(57)60-6)44(56)54-23(3)8-15-35(54)41-48-33-14-11-25-17-32-29-12-9-26(16-28(29)21-62-36(32)18-31(25)39(33)50-41)34-19-47-42(49-34)40-30-13-10-27(30)20-53(40)43(55)38(24(4)59-5)52-46(58)61-7/h9,11-12,14,16-19,22-24,27,30,35,37-38,40H,8,10,13,15,20-21H2,1-7H3,(H,47,49)(H,48,50)(H,51,57)(H,52,58)/t23-,24+,27+,30+,35-,37-,38-,40-/m0/s1. The molecule has 0 unspecified atom stereocenters. The van der Waals surface area contributed by atoms with Gasteiger partial charge in [-0.15, -0.1) is 0 Å². The Balaban J connectivity index is 0.974. The van der Waals surface area contributed by atoms with Crippen LogP contribution in [-0.2, 0) is 30.4 Å². The normalized spacial score (nSPS) is 22.9. The highest BCUT2D eigenvalue weighted by Crippen LogP contribution is 2.52. The number of aromatic amines is 2. The number of aromatic nitrogens is 4. The molecule has 62 heavy (non-hydrogen) atoms. The first kappa shape index (κ1) is 41.2. The topological polar surface area (TPSA) is 193 Å². The Morgan fingerprint density at radius 1 is 0.855 bits per heavy atom. The summed E-state index contributed by atoms with van der Waals surface area (Å²) < 4.78 is 21.6. The fourth-order valence-corrected chi connectivity index (χ4v) is 10.0. The highest BCUT2D eigenvalue weighted by Gasteiger charge is 2.52. The molecule has 326 valence electrons. The number of carbonyl (C=O) groups is 4. The number of nitrogens with one attached hydrogen (secondary N) is 4. The summed E-state index contributed by atoms with van der Waals surface area (Å²) in [7, 11) is 4.08. The summed E-state index contributed by atoms with van der Waals surface area (Å²) >= 11 is 0. The fraction of sp³-hybridized carbons (Fsp3) is 0.478. The van der Waals surface area contributed by atoms with Gasteiger partial charge in [0.25, 0.3) is 0 Å². The van der Waals surface area contributed by atoms with Crippen molar-refractivity contribution in [2.45, 2.75) is 96.3 Å². The maximum atomic E-state index is 14.0. The van der Waals surface area contributed by atoms with Gasteiger partial charge in [-0.25, -0.2) is 19.6 Å². The molecule has 0 spiro atoms. The number of ether oxygens (including phenoxy) is 4. The van der Waals surface area contributed by atoms with Gasteiger partial charge in [-0.1, -0.05) is 32.0 Å². The van der Waals surface area contributed by atoms with Gasteiger partial charge >= 0.3 is 12.2 Å². The lowest BCUT2D eigenvalue weighted by molar-refractivity contribution is -0.138. The second kappa shape index (κ2) is 16.3. The number of hydrogen-bond acceptors (Lipinski definition) is 10. The zero-order valence-electron chi connectivity index (χ0n) is 36.1. The molecule has 0 bridgehead atoms. The molecule has 3 aliphatic heterocycles. The average Bonchev–Trinajstić information content (AvgIpc) is 4.07. The number of alkyl carbamates (subject to hydrolysis) is 2. The van der Waals surface area contributed by atoms with Crippen molar-refractivity contribution in [3.8, 4) is 28.1 Å². The van der Waals surface area contributed by atoms with Crippen LogP contribution in [0.1, 0.15) is 82.7 Å². The van der Waals surface area contributed by atoms with Crippen LogP contribution in [0, 0.1) is 17.8 Å². The Kier molecular flexibility index (Phi) is 10.8. The number of likely N-dealkylation sites (tertiary alicyclic amines) is 2. The van der Waals surface area contributed by atoms with Crippen molar-refractivity contribution in [3.63, 3.8) is 0 Å². The number of nitrogens with zero attached hydrogens (tertiary/aromatic N) is 4. The molecule has 4 amide bonds. The van der Waals surface area contributed by atoms with E-state index in [1.54, 1.807) is 6.92 Å². The minimum Gasteiger partial charge on any atom is -0.488 e. The third kappa shape index (κ3) is 7.07. The van der Waals surface area contributed by atoms with Gasteiger partial charge in [-0.05, 0) is 104 Å².